The molecule has 1 fully saturated rings. The van der Waals surface area contributed by atoms with Crippen molar-refractivity contribution < 1.29 is 4.79 Å². The van der Waals surface area contributed by atoms with Crippen molar-refractivity contribution >= 4 is 5.91 Å². The second kappa shape index (κ2) is 7.38. The maximum absolute atomic E-state index is 12.5. The summed E-state index contributed by atoms with van der Waals surface area (Å²) in [6.07, 6.45) is 5.25. The van der Waals surface area contributed by atoms with Gasteiger partial charge in [0.05, 0.1) is 17.9 Å². The highest BCUT2D eigenvalue weighted by molar-refractivity contribution is 5.79. The van der Waals surface area contributed by atoms with Crippen molar-refractivity contribution in [2.45, 2.75) is 52.0 Å². The average molecular weight is 251 g/mol. The van der Waals surface area contributed by atoms with E-state index in [9.17, 15) is 4.79 Å². The summed E-state index contributed by atoms with van der Waals surface area (Å²) in [6, 6.07) is 2.18. The fourth-order valence-electron chi connectivity index (χ4n) is 2.62. The van der Waals surface area contributed by atoms with Crippen LogP contribution in [-0.2, 0) is 4.79 Å². The molecule has 18 heavy (non-hydrogen) atoms. The first-order valence-corrected chi connectivity index (χ1v) is 7.04. The molecule has 1 amide bonds. The van der Waals surface area contributed by atoms with Crippen molar-refractivity contribution in [3.8, 4) is 6.07 Å². The van der Waals surface area contributed by atoms with Crippen LogP contribution in [0.5, 0.6) is 0 Å². The maximum atomic E-state index is 12.5. The lowest BCUT2D eigenvalue weighted by atomic mass is 9.93. The highest BCUT2D eigenvalue weighted by Crippen LogP contribution is 2.24. The van der Waals surface area contributed by atoms with E-state index in [1.54, 1.807) is 4.90 Å². The fraction of sp³-hybridized carbons (Fsp3) is 0.857. The van der Waals surface area contributed by atoms with Crippen LogP contribution in [0.3, 0.4) is 0 Å². The summed E-state index contributed by atoms with van der Waals surface area (Å²) in [6.45, 7) is 5.00. The van der Waals surface area contributed by atoms with Gasteiger partial charge in [0.1, 0.15) is 0 Å². The first kappa shape index (κ1) is 15.0. The standard InChI is InChI=1S/C14H25N3O/c1-3-17(10-11(2)9-15)14(18)12-7-5-4-6-8-13(12)16/h11-13H,3-8,10,16H2,1-2H3. The van der Waals surface area contributed by atoms with E-state index in [0.717, 1.165) is 25.7 Å². The third-order valence-corrected chi connectivity index (χ3v) is 3.79. The second-order valence-electron chi connectivity index (χ2n) is 5.32. The van der Waals surface area contributed by atoms with E-state index < -0.39 is 0 Å². The van der Waals surface area contributed by atoms with Gasteiger partial charge in [-0.05, 0) is 26.7 Å². The summed E-state index contributed by atoms with van der Waals surface area (Å²) in [7, 11) is 0. The van der Waals surface area contributed by atoms with Crippen LogP contribution in [0.2, 0.25) is 0 Å². The van der Waals surface area contributed by atoms with E-state index in [1.807, 2.05) is 13.8 Å². The predicted octanol–water partition coefficient (Wildman–Crippen LogP) is 1.90. The Morgan fingerprint density at radius 2 is 2.11 bits per heavy atom. The van der Waals surface area contributed by atoms with E-state index in [2.05, 4.69) is 6.07 Å². The molecule has 0 aromatic carbocycles. The number of carbonyl (C=O) groups is 1. The molecule has 0 saturated heterocycles. The Hall–Kier alpha value is -1.08. The monoisotopic (exact) mass is 251 g/mol. The zero-order valence-electron chi connectivity index (χ0n) is 11.6. The summed E-state index contributed by atoms with van der Waals surface area (Å²) in [5.41, 5.74) is 6.12. The Labute approximate surface area is 110 Å². The Bertz CT molecular complexity index is 311. The van der Waals surface area contributed by atoms with Gasteiger partial charge >= 0.3 is 0 Å². The fourth-order valence-corrected chi connectivity index (χ4v) is 2.62. The average Bonchev–Trinajstić information content (AvgIpc) is 2.59. The summed E-state index contributed by atoms with van der Waals surface area (Å²) in [5, 5.41) is 8.86. The van der Waals surface area contributed by atoms with Crippen molar-refractivity contribution in [2.75, 3.05) is 13.1 Å². The van der Waals surface area contributed by atoms with E-state index in [0.29, 0.717) is 13.1 Å². The Balaban J connectivity index is 2.66. The lowest BCUT2D eigenvalue weighted by Gasteiger charge is -2.29. The first-order valence-electron chi connectivity index (χ1n) is 7.04. The molecule has 0 radical (unpaired) electrons. The van der Waals surface area contributed by atoms with Crippen LogP contribution in [0.25, 0.3) is 0 Å². The smallest absolute Gasteiger partial charge is 0.227 e. The minimum Gasteiger partial charge on any atom is -0.341 e. The molecule has 2 N–H and O–H groups in total. The van der Waals surface area contributed by atoms with Crippen LogP contribution in [0.4, 0.5) is 0 Å². The van der Waals surface area contributed by atoms with Gasteiger partial charge < -0.3 is 10.6 Å². The number of nitriles is 1. The highest BCUT2D eigenvalue weighted by Gasteiger charge is 2.30. The Morgan fingerprint density at radius 3 is 2.72 bits per heavy atom. The van der Waals surface area contributed by atoms with E-state index in [-0.39, 0.29) is 23.8 Å². The van der Waals surface area contributed by atoms with Gasteiger partial charge in [-0.2, -0.15) is 5.26 Å². The molecule has 1 rings (SSSR count). The van der Waals surface area contributed by atoms with E-state index >= 15 is 0 Å². The molecule has 0 spiro atoms. The van der Waals surface area contributed by atoms with Gasteiger partial charge in [0.25, 0.3) is 0 Å². The van der Waals surface area contributed by atoms with Gasteiger partial charge in [0.2, 0.25) is 5.91 Å². The topological polar surface area (TPSA) is 70.1 Å². The number of nitrogens with two attached hydrogens (primary N) is 1. The molecular weight excluding hydrogens is 226 g/mol. The van der Waals surface area contributed by atoms with Crippen LogP contribution in [0.1, 0.15) is 46.0 Å². The van der Waals surface area contributed by atoms with Crippen LogP contribution >= 0.6 is 0 Å². The molecule has 0 heterocycles. The third-order valence-electron chi connectivity index (χ3n) is 3.79. The lowest BCUT2D eigenvalue weighted by molar-refractivity contribution is -0.136. The number of carbonyl (C=O) groups excluding carboxylic acids is 1. The normalized spacial score (nSPS) is 25.9. The zero-order valence-corrected chi connectivity index (χ0v) is 11.6. The van der Waals surface area contributed by atoms with Crippen LogP contribution in [0.15, 0.2) is 0 Å². The number of hydrogen-bond donors (Lipinski definition) is 1. The summed E-state index contributed by atoms with van der Waals surface area (Å²) < 4.78 is 0. The van der Waals surface area contributed by atoms with Gasteiger partial charge in [-0.1, -0.05) is 19.3 Å². The largest absolute Gasteiger partial charge is 0.341 e. The molecule has 4 heteroatoms. The molecule has 1 aliphatic rings. The molecule has 0 aromatic heterocycles. The predicted molar refractivity (Wildman–Crippen MR) is 71.6 cm³/mol. The van der Waals surface area contributed by atoms with E-state index in [4.69, 9.17) is 11.0 Å². The molecule has 4 nitrogen and oxygen atoms in total. The minimum atomic E-state index is -0.115. The molecule has 102 valence electrons. The molecule has 1 saturated carbocycles. The summed E-state index contributed by atoms with van der Waals surface area (Å²) >= 11 is 0. The van der Waals surface area contributed by atoms with Gasteiger partial charge in [-0.15, -0.1) is 0 Å². The van der Waals surface area contributed by atoms with Crippen LogP contribution in [-0.4, -0.2) is 29.9 Å². The Kier molecular flexibility index (Phi) is 6.14. The Morgan fingerprint density at radius 1 is 1.44 bits per heavy atom. The maximum Gasteiger partial charge on any atom is 0.227 e. The molecule has 3 atom stereocenters. The van der Waals surface area contributed by atoms with Crippen molar-refractivity contribution in [2.24, 2.45) is 17.6 Å². The first-order chi connectivity index (χ1) is 8.60. The molecule has 3 unspecified atom stereocenters. The number of hydrogen-bond acceptors (Lipinski definition) is 3. The summed E-state index contributed by atoms with van der Waals surface area (Å²) in [5.74, 6) is -0.0109. The van der Waals surface area contributed by atoms with Gasteiger partial charge in [-0.25, -0.2) is 0 Å². The lowest BCUT2D eigenvalue weighted by Crippen LogP contribution is -2.45. The van der Waals surface area contributed by atoms with Gasteiger partial charge in [-0.3, -0.25) is 4.79 Å². The van der Waals surface area contributed by atoms with Crippen molar-refractivity contribution in [1.29, 1.82) is 5.26 Å². The molecular formula is C14H25N3O. The van der Waals surface area contributed by atoms with Gasteiger partial charge in [0.15, 0.2) is 0 Å². The second-order valence-corrected chi connectivity index (χ2v) is 5.32. The molecule has 0 aliphatic heterocycles. The summed E-state index contributed by atoms with van der Waals surface area (Å²) in [4.78, 5) is 14.3. The quantitative estimate of drug-likeness (QED) is 0.776. The SMILES string of the molecule is CCN(CC(C)C#N)C(=O)C1CCCCCC1N. The van der Waals surface area contributed by atoms with Crippen molar-refractivity contribution in [1.82, 2.24) is 4.90 Å². The molecule has 1 aliphatic carbocycles. The number of amides is 1. The van der Waals surface area contributed by atoms with Crippen LogP contribution in [0, 0.1) is 23.2 Å². The zero-order chi connectivity index (χ0) is 13.5. The van der Waals surface area contributed by atoms with Crippen molar-refractivity contribution in [3.63, 3.8) is 0 Å². The van der Waals surface area contributed by atoms with Gasteiger partial charge in [0, 0.05) is 19.1 Å². The van der Waals surface area contributed by atoms with E-state index in [1.165, 1.54) is 6.42 Å². The molecule has 0 aromatic rings. The van der Waals surface area contributed by atoms with Crippen molar-refractivity contribution in [3.05, 3.63) is 0 Å². The minimum absolute atomic E-state index is 0.00792. The van der Waals surface area contributed by atoms with Crippen LogP contribution < -0.4 is 5.73 Å². The highest BCUT2D eigenvalue weighted by atomic mass is 16.2. The third kappa shape index (κ3) is 3.99. The number of nitrogens with zero attached hydrogens (tertiary/aromatic N) is 2. The molecule has 0 bridgehead atoms. The number of rotatable bonds is 4.